The Morgan fingerprint density at radius 2 is 2.05 bits per heavy atom. The Bertz CT molecular complexity index is 426. The Morgan fingerprint density at radius 3 is 2.65 bits per heavy atom. The number of nitrogens with zero attached hydrogens (tertiary/aromatic N) is 2. The zero-order valence-corrected chi connectivity index (χ0v) is 11.6. The molecule has 0 saturated carbocycles. The summed E-state index contributed by atoms with van der Waals surface area (Å²) in [5.41, 5.74) is 1.89. The fraction of sp³-hybridized carbons (Fsp3) is 0.643. The number of hydrogen-bond donors (Lipinski definition) is 1. The molecule has 0 radical (unpaired) electrons. The number of piperidine rings is 1. The van der Waals surface area contributed by atoms with Crippen LogP contribution in [0.25, 0.3) is 0 Å². The van der Waals surface area contributed by atoms with Crippen molar-refractivity contribution >= 4 is 5.69 Å². The molecule has 1 fully saturated rings. The first-order valence-corrected chi connectivity index (χ1v) is 6.98. The fourth-order valence-electron chi connectivity index (χ4n) is 2.48. The second-order valence-corrected chi connectivity index (χ2v) is 5.09. The SMILES string of the molecule is CCNCc1cc(N2CCC(C(F)(F)F)CC2)ccn1. The summed E-state index contributed by atoms with van der Waals surface area (Å²) >= 11 is 0. The third-order valence-electron chi connectivity index (χ3n) is 3.68. The molecule has 1 aliphatic rings. The van der Waals surface area contributed by atoms with Gasteiger partial charge in [0.05, 0.1) is 11.6 Å². The Morgan fingerprint density at radius 1 is 1.35 bits per heavy atom. The van der Waals surface area contributed by atoms with Gasteiger partial charge in [0.2, 0.25) is 0 Å². The summed E-state index contributed by atoms with van der Waals surface area (Å²) in [7, 11) is 0. The maximum Gasteiger partial charge on any atom is 0.391 e. The number of anilines is 1. The molecule has 1 N–H and O–H groups in total. The summed E-state index contributed by atoms with van der Waals surface area (Å²) in [6.45, 7) is 4.47. The van der Waals surface area contributed by atoms with Crippen molar-refractivity contribution < 1.29 is 13.2 Å². The highest BCUT2D eigenvalue weighted by molar-refractivity contribution is 5.46. The van der Waals surface area contributed by atoms with Gasteiger partial charge in [-0.05, 0) is 31.5 Å². The lowest BCUT2D eigenvalue weighted by atomic mass is 9.96. The third-order valence-corrected chi connectivity index (χ3v) is 3.68. The van der Waals surface area contributed by atoms with Gasteiger partial charge in [-0.2, -0.15) is 13.2 Å². The quantitative estimate of drug-likeness (QED) is 0.923. The van der Waals surface area contributed by atoms with E-state index in [4.69, 9.17) is 0 Å². The van der Waals surface area contributed by atoms with Crippen LogP contribution in [0.4, 0.5) is 18.9 Å². The highest BCUT2D eigenvalue weighted by atomic mass is 19.4. The van der Waals surface area contributed by atoms with Crippen LogP contribution in [0.15, 0.2) is 18.3 Å². The number of pyridine rings is 1. The molecule has 20 heavy (non-hydrogen) atoms. The van der Waals surface area contributed by atoms with Crippen molar-refractivity contribution in [3.8, 4) is 0 Å². The lowest BCUT2D eigenvalue weighted by molar-refractivity contribution is -0.179. The zero-order chi connectivity index (χ0) is 14.6. The predicted molar refractivity (Wildman–Crippen MR) is 72.6 cm³/mol. The van der Waals surface area contributed by atoms with Crippen LogP contribution in [-0.4, -0.2) is 30.8 Å². The van der Waals surface area contributed by atoms with Gasteiger partial charge in [-0.1, -0.05) is 6.92 Å². The molecule has 0 unspecified atom stereocenters. The number of hydrogen-bond acceptors (Lipinski definition) is 3. The van der Waals surface area contributed by atoms with Crippen LogP contribution in [-0.2, 0) is 6.54 Å². The topological polar surface area (TPSA) is 28.2 Å². The molecule has 0 amide bonds. The van der Waals surface area contributed by atoms with E-state index in [2.05, 4.69) is 10.3 Å². The number of nitrogens with one attached hydrogen (secondary N) is 1. The van der Waals surface area contributed by atoms with Crippen molar-refractivity contribution in [1.29, 1.82) is 0 Å². The minimum Gasteiger partial charge on any atom is -0.371 e. The van der Waals surface area contributed by atoms with E-state index < -0.39 is 12.1 Å². The van der Waals surface area contributed by atoms with E-state index in [1.807, 2.05) is 24.0 Å². The lowest BCUT2D eigenvalue weighted by Crippen LogP contribution is -2.39. The number of alkyl halides is 3. The molecule has 1 aromatic heterocycles. The highest BCUT2D eigenvalue weighted by Gasteiger charge is 2.41. The van der Waals surface area contributed by atoms with Crippen molar-refractivity contribution in [2.24, 2.45) is 5.92 Å². The van der Waals surface area contributed by atoms with Crippen molar-refractivity contribution in [2.45, 2.75) is 32.5 Å². The molecule has 3 nitrogen and oxygen atoms in total. The number of halogens is 3. The molecule has 0 aliphatic carbocycles. The van der Waals surface area contributed by atoms with Gasteiger partial charge in [0.15, 0.2) is 0 Å². The Balaban J connectivity index is 1.96. The van der Waals surface area contributed by atoms with Gasteiger partial charge < -0.3 is 10.2 Å². The van der Waals surface area contributed by atoms with Gasteiger partial charge in [-0.25, -0.2) is 0 Å². The molecule has 0 bridgehead atoms. The van der Waals surface area contributed by atoms with E-state index in [0.29, 0.717) is 19.6 Å². The van der Waals surface area contributed by atoms with Crippen molar-refractivity contribution in [2.75, 3.05) is 24.5 Å². The highest BCUT2D eigenvalue weighted by Crippen LogP contribution is 2.35. The molecule has 2 rings (SSSR count). The summed E-state index contributed by atoms with van der Waals surface area (Å²) in [5, 5.41) is 3.19. The third kappa shape index (κ3) is 3.85. The largest absolute Gasteiger partial charge is 0.391 e. The number of aromatic nitrogens is 1. The molecule has 1 aromatic rings. The maximum atomic E-state index is 12.6. The predicted octanol–water partition coefficient (Wildman–Crippen LogP) is 2.97. The summed E-state index contributed by atoms with van der Waals surface area (Å²) in [5.74, 6) is -1.15. The fourth-order valence-corrected chi connectivity index (χ4v) is 2.48. The summed E-state index contributed by atoms with van der Waals surface area (Å²) in [4.78, 5) is 6.27. The first-order valence-electron chi connectivity index (χ1n) is 6.98. The van der Waals surface area contributed by atoms with Gasteiger partial charge in [0, 0.05) is 31.5 Å². The first-order chi connectivity index (χ1) is 9.50. The molecule has 0 aromatic carbocycles. The summed E-state index contributed by atoms with van der Waals surface area (Å²) in [6, 6.07) is 3.82. The molecule has 0 atom stereocenters. The summed E-state index contributed by atoms with van der Waals surface area (Å²) in [6.07, 6.45) is -1.98. The normalized spacial score (nSPS) is 17.5. The van der Waals surface area contributed by atoms with Crippen LogP contribution in [0.5, 0.6) is 0 Å². The maximum absolute atomic E-state index is 12.6. The van der Waals surface area contributed by atoms with Crippen molar-refractivity contribution in [1.82, 2.24) is 10.3 Å². The van der Waals surface area contributed by atoms with E-state index in [9.17, 15) is 13.2 Å². The summed E-state index contributed by atoms with van der Waals surface area (Å²) < 4.78 is 37.9. The van der Waals surface area contributed by atoms with Gasteiger partial charge >= 0.3 is 6.18 Å². The molecular weight excluding hydrogens is 267 g/mol. The van der Waals surface area contributed by atoms with E-state index in [1.54, 1.807) is 6.20 Å². The standard InChI is InChI=1S/C14H20F3N3/c1-2-18-10-12-9-13(3-6-19-12)20-7-4-11(5-8-20)14(15,16)17/h3,6,9,11,18H,2,4-5,7-8,10H2,1H3. The second kappa shape index (κ2) is 6.43. The van der Waals surface area contributed by atoms with E-state index in [-0.39, 0.29) is 12.8 Å². The monoisotopic (exact) mass is 287 g/mol. The van der Waals surface area contributed by atoms with E-state index >= 15 is 0 Å². The molecule has 2 heterocycles. The van der Waals surface area contributed by atoms with Crippen LogP contribution >= 0.6 is 0 Å². The molecule has 0 spiro atoms. The van der Waals surface area contributed by atoms with Crippen molar-refractivity contribution in [3.05, 3.63) is 24.0 Å². The van der Waals surface area contributed by atoms with Gasteiger partial charge in [-0.15, -0.1) is 0 Å². The number of rotatable bonds is 4. The van der Waals surface area contributed by atoms with Crippen LogP contribution in [0.1, 0.15) is 25.5 Å². The van der Waals surface area contributed by atoms with Gasteiger partial charge in [0.1, 0.15) is 0 Å². The average molecular weight is 287 g/mol. The second-order valence-electron chi connectivity index (χ2n) is 5.09. The van der Waals surface area contributed by atoms with E-state index in [1.165, 1.54) is 0 Å². The molecular formula is C14H20F3N3. The Hall–Kier alpha value is -1.30. The van der Waals surface area contributed by atoms with Crippen molar-refractivity contribution in [3.63, 3.8) is 0 Å². The lowest BCUT2D eigenvalue weighted by Gasteiger charge is -2.34. The van der Waals surface area contributed by atoms with Crippen LogP contribution in [0.2, 0.25) is 0 Å². The minimum atomic E-state index is -4.06. The Labute approximate surface area is 117 Å². The molecule has 1 saturated heterocycles. The van der Waals surface area contributed by atoms with Crippen LogP contribution < -0.4 is 10.2 Å². The van der Waals surface area contributed by atoms with Crippen LogP contribution in [0.3, 0.4) is 0 Å². The minimum absolute atomic E-state index is 0.175. The van der Waals surface area contributed by atoms with Gasteiger partial charge in [0.25, 0.3) is 0 Å². The average Bonchev–Trinajstić information content (AvgIpc) is 2.45. The van der Waals surface area contributed by atoms with Gasteiger partial charge in [-0.3, -0.25) is 4.98 Å². The van der Waals surface area contributed by atoms with Crippen LogP contribution in [0, 0.1) is 5.92 Å². The first kappa shape index (κ1) is 15.1. The molecule has 6 heteroatoms. The van der Waals surface area contributed by atoms with E-state index in [0.717, 1.165) is 17.9 Å². The smallest absolute Gasteiger partial charge is 0.371 e. The molecule has 112 valence electrons. The zero-order valence-electron chi connectivity index (χ0n) is 11.6. The Kier molecular flexibility index (Phi) is 4.86. The molecule has 1 aliphatic heterocycles.